The van der Waals surface area contributed by atoms with Crippen molar-refractivity contribution >= 4 is 0 Å². The standard InChI is InChI=1S/C15H25NO3/c1-3-10-18-11-6-9-16-12-13-7-5-8-14(15(13)17)19-4-2/h5,7-8,16-17H,3-4,6,9-12H2,1-2H3. The Morgan fingerprint density at radius 1 is 1.21 bits per heavy atom. The molecule has 0 spiro atoms. The van der Waals surface area contributed by atoms with Gasteiger partial charge in [-0.15, -0.1) is 0 Å². The van der Waals surface area contributed by atoms with Crippen LogP contribution in [0.3, 0.4) is 0 Å². The van der Waals surface area contributed by atoms with E-state index >= 15 is 0 Å². The second-order valence-corrected chi connectivity index (χ2v) is 4.34. The predicted octanol–water partition coefficient (Wildman–Crippen LogP) is 2.70. The highest BCUT2D eigenvalue weighted by atomic mass is 16.5. The Bertz CT molecular complexity index is 355. The summed E-state index contributed by atoms with van der Waals surface area (Å²) >= 11 is 0. The van der Waals surface area contributed by atoms with Crippen LogP contribution >= 0.6 is 0 Å². The summed E-state index contributed by atoms with van der Waals surface area (Å²) in [6, 6.07) is 5.57. The number of phenolic OH excluding ortho intramolecular Hbond substituents is 1. The normalized spacial score (nSPS) is 10.6. The molecule has 4 heteroatoms. The van der Waals surface area contributed by atoms with Gasteiger partial charge in [-0.2, -0.15) is 0 Å². The maximum absolute atomic E-state index is 10.0. The molecule has 19 heavy (non-hydrogen) atoms. The molecule has 0 heterocycles. The SMILES string of the molecule is CCCOCCCNCc1cccc(OCC)c1O. The molecule has 0 aliphatic heterocycles. The topological polar surface area (TPSA) is 50.7 Å². The molecule has 0 bridgehead atoms. The van der Waals surface area contributed by atoms with Gasteiger partial charge in [0, 0.05) is 25.3 Å². The lowest BCUT2D eigenvalue weighted by atomic mass is 10.2. The van der Waals surface area contributed by atoms with Gasteiger partial charge in [-0.1, -0.05) is 19.1 Å². The van der Waals surface area contributed by atoms with Crippen LogP contribution in [0.15, 0.2) is 18.2 Å². The zero-order valence-electron chi connectivity index (χ0n) is 11.9. The van der Waals surface area contributed by atoms with Gasteiger partial charge in [-0.3, -0.25) is 0 Å². The molecular weight excluding hydrogens is 242 g/mol. The molecular formula is C15H25NO3. The summed E-state index contributed by atoms with van der Waals surface area (Å²) in [6.45, 7) is 7.69. The number of ether oxygens (including phenoxy) is 2. The van der Waals surface area contributed by atoms with E-state index in [0.29, 0.717) is 18.9 Å². The van der Waals surface area contributed by atoms with Gasteiger partial charge in [-0.05, 0) is 32.4 Å². The van der Waals surface area contributed by atoms with Crippen LogP contribution in [0.2, 0.25) is 0 Å². The van der Waals surface area contributed by atoms with Crippen LogP contribution in [0.4, 0.5) is 0 Å². The van der Waals surface area contributed by atoms with Gasteiger partial charge in [0.2, 0.25) is 0 Å². The predicted molar refractivity (Wildman–Crippen MR) is 76.7 cm³/mol. The second-order valence-electron chi connectivity index (χ2n) is 4.34. The van der Waals surface area contributed by atoms with Crippen molar-refractivity contribution in [3.8, 4) is 11.5 Å². The molecule has 0 atom stereocenters. The Hall–Kier alpha value is -1.26. The number of hydrogen-bond donors (Lipinski definition) is 2. The summed E-state index contributed by atoms with van der Waals surface area (Å²) < 4.78 is 10.8. The van der Waals surface area contributed by atoms with Gasteiger partial charge >= 0.3 is 0 Å². The lowest BCUT2D eigenvalue weighted by molar-refractivity contribution is 0.132. The summed E-state index contributed by atoms with van der Waals surface area (Å²) in [7, 11) is 0. The molecule has 0 aromatic heterocycles. The van der Waals surface area contributed by atoms with Crippen molar-refractivity contribution in [3.05, 3.63) is 23.8 Å². The molecule has 0 saturated heterocycles. The molecule has 0 radical (unpaired) electrons. The summed E-state index contributed by atoms with van der Waals surface area (Å²) in [5, 5.41) is 13.3. The van der Waals surface area contributed by atoms with Crippen molar-refractivity contribution in [2.24, 2.45) is 0 Å². The monoisotopic (exact) mass is 267 g/mol. The number of rotatable bonds is 10. The third-order valence-electron chi connectivity index (χ3n) is 2.69. The quantitative estimate of drug-likeness (QED) is 0.640. The average molecular weight is 267 g/mol. The van der Waals surface area contributed by atoms with Crippen molar-refractivity contribution in [2.45, 2.75) is 33.2 Å². The zero-order chi connectivity index (χ0) is 13.9. The molecule has 4 nitrogen and oxygen atoms in total. The Balaban J connectivity index is 2.27. The van der Waals surface area contributed by atoms with Crippen LogP contribution in [-0.2, 0) is 11.3 Å². The second kappa shape index (κ2) is 9.64. The van der Waals surface area contributed by atoms with Crippen LogP contribution in [0.1, 0.15) is 32.3 Å². The molecule has 2 N–H and O–H groups in total. The third-order valence-corrected chi connectivity index (χ3v) is 2.69. The molecule has 108 valence electrons. The van der Waals surface area contributed by atoms with Crippen molar-refractivity contribution in [1.29, 1.82) is 0 Å². The molecule has 0 aliphatic rings. The Morgan fingerprint density at radius 2 is 2.05 bits per heavy atom. The van der Waals surface area contributed by atoms with Gasteiger partial charge in [0.15, 0.2) is 11.5 Å². The zero-order valence-corrected chi connectivity index (χ0v) is 11.9. The molecule has 1 aromatic carbocycles. The van der Waals surface area contributed by atoms with E-state index < -0.39 is 0 Å². The van der Waals surface area contributed by atoms with E-state index in [1.807, 2.05) is 19.1 Å². The van der Waals surface area contributed by atoms with Gasteiger partial charge < -0.3 is 19.9 Å². The third kappa shape index (κ3) is 5.94. The summed E-state index contributed by atoms with van der Waals surface area (Å²) in [5.41, 5.74) is 0.862. The molecule has 0 amide bonds. The van der Waals surface area contributed by atoms with Crippen molar-refractivity contribution in [2.75, 3.05) is 26.4 Å². The maximum atomic E-state index is 10.0. The number of para-hydroxylation sites is 1. The van der Waals surface area contributed by atoms with Crippen LogP contribution in [-0.4, -0.2) is 31.5 Å². The van der Waals surface area contributed by atoms with Gasteiger partial charge in [-0.25, -0.2) is 0 Å². The largest absolute Gasteiger partial charge is 0.504 e. The summed E-state index contributed by atoms with van der Waals surface area (Å²) in [4.78, 5) is 0. The van der Waals surface area contributed by atoms with E-state index in [1.54, 1.807) is 6.07 Å². The number of phenols is 1. The van der Waals surface area contributed by atoms with Crippen molar-refractivity contribution < 1.29 is 14.6 Å². The first-order valence-corrected chi connectivity index (χ1v) is 7.01. The first kappa shape index (κ1) is 15.8. The highest BCUT2D eigenvalue weighted by Gasteiger charge is 2.06. The summed E-state index contributed by atoms with van der Waals surface area (Å²) in [5.74, 6) is 0.784. The molecule has 0 saturated carbocycles. The first-order valence-electron chi connectivity index (χ1n) is 7.01. The smallest absolute Gasteiger partial charge is 0.162 e. The van der Waals surface area contributed by atoms with E-state index in [4.69, 9.17) is 9.47 Å². The number of nitrogens with one attached hydrogen (secondary N) is 1. The van der Waals surface area contributed by atoms with Crippen molar-refractivity contribution in [1.82, 2.24) is 5.32 Å². The minimum atomic E-state index is 0.235. The van der Waals surface area contributed by atoms with E-state index in [1.165, 1.54) is 0 Å². The van der Waals surface area contributed by atoms with Crippen molar-refractivity contribution in [3.63, 3.8) is 0 Å². The average Bonchev–Trinajstić information content (AvgIpc) is 2.42. The Kier molecular flexibility index (Phi) is 8.02. The molecule has 1 rings (SSSR count). The van der Waals surface area contributed by atoms with Gasteiger partial charge in [0.25, 0.3) is 0 Å². The number of hydrogen-bond acceptors (Lipinski definition) is 4. The van der Waals surface area contributed by atoms with E-state index in [9.17, 15) is 5.11 Å². The Labute approximate surface area is 115 Å². The fraction of sp³-hybridized carbons (Fsp3) is 0.600. The molecule has 0 fully saturated rings. The van der Waals surface area contributed by atoms with E-state index in [2.05, 4.69) is 12.2 Å². The van der Waals surface area contributed by atoms with Crippen LogP contribution in [0.25, 0.3) is 0 Å². The van der Waals surface area contributed by atoms with Crippen LogP contribution in [0.5, 0.6) is 11.5 Å². The Morgan fingerprint density at radius 3 is 2.79 bits per heavy atom. The van der Waals surface area contributed by atoms with E-state index in [0.717, 1.165) is 38.2 Å². The van der Waals surface area contributed by atoms with Crippen LogP contribution < -0.4 is 10.1 Å². The van der Waals surface area contributed by atoms with Crippen LogP contribution in [0, 0.1) is 0 Å². The number of benzene rings is 1. The number of aromatic hydroxyl groups is 1. The highest BCUT2D eigenvalue weighted by Crippen LogP contribution is 2.29. The molecule has 1 aromatic rings. The lowest BCUT2D eigenvalue weighted by Gasteiger charge is -2.11. The van der Waals surface area contributed by atoms with Gasteiger partial charge in [0.05, 0.1) is 6.61 Å². The minimum absolute atomic E-state index is 0.235. The fourth-order valence-electron chi connectivity index (χ4n) is 1.75. The minimum Gasteiger partial charge on any atom is -0.504 e. The van der Waals surface area contributed by atoms with Gasteiger partial charge in [0.1, 0.15) is 0 Å². The molecule has 0 aliphatic carbocycles. The fourth-order valence-corrected chi connectivity index (χ4v) is 1.75. The van der Waals surface area contributed by atoms with E-state index in [-0.39, 0.29) is 5.75 Å². The first-order chi connectivity index (χ1) is 9.29. The molecule has 0 unspecified atom stereocenters. The maximum Gasteiger partial charge on any atom is 0.162 e. The lowest BCUT2D eigenvalue weighted by Crippen LogP contribution is -2.16. The highest BCUT2D eigenvalue weighted by molar-refractivity contribution is 5.45. The summed E-state index contributed by atoms with van der Waals surface area (Å²) in [6.07, 6.45) is 2.04.